The van der Waals surface area contributed by atoms with Crippen molar-refractivity contribution in [2.75, 3.05) is 11.9 Å². The number of nitro groups is 1. The molecular formula is C9H11N7O2. The van der Waals surface area contributed by atoms with Gasteiger partial charge in [0.05, 0.1) is 11.1 Å². The summed E-state index contributed by atoms with van der Waals surface area (Å²) in [5, 5.41) is 21.3. The molecule has 0 fully saturated rings. The lowest BCUT2D eigenvalue weighted by Gasteiger charge is -2.05. The van der Waals surface area contributed by atoms with Gasteiger partial charge in [-0.25, -0.2) is 14.6 Å². The molecule has 0 aliphatic rings. The van der Waals surface area contributed by atoms with Gasteiger partial charge < -0.3 is 5.32 Å². The third-order valence-electron chi connectivity index (χ3n) is 2.26. The normalized spacial score (nSPS) is 10.3. The molecule has 0 amide bonds. The minimum Gasteiger partial charge on any atom is -0.354 e. The Labute approximate surface area is 102 Å². The second-order valence-corrected chi connectivity index (χ2v) is 3.46. The number of nitrogens with one attached hydrogen (secondary N) is 1. The number of anilines is 1. The summed E-state index contributed by atoms with van der Waals surface area (Å²) in [6.07, 6.45) is 2.60. The number of hydrogen-bond acceptors (Lipinski definition) is 7. The summed E-state index contributed by atoms with van der Waals surface area (Å²) in [5.41, 5.74) is 0.476. The minimum absolute atomic E-state index is 0.179. The number of hydrogen-bond donors (Lipinski definition) is 1. The lowest BCUT2D eigenvalue weighted by atomic mass is 10.3. The molecule has 2 aromatic rings. The number of aryl methyl sites for hydroxylation is 1. The quantitative estimate of drug-likeness (QED) is 0.624. The summed E-state index contributed by atoms with van der Waals surface area (Å²) in [6.45, 7) is 2.51. The second-order valence-electron chi connectivity index (χ2n) is 3.46. The Balaban J connectivity index is 2.58. The Morgan fingerprint density at radius 3 is 2.83 bits per heavy atom. The highest BCUT2D eigenvalue weighted by Crippen LogP contribution is 2.26. The first-order chi connectivity index (χ1) is 8.63. The number of nitrogens with zero attached hydrogens (tertiary/aromatic N) is 6. The molecule has 94 valence electrons. The summed E-state index contributed by atoms with van der Waals surface area (Å²) in [4.78, 5) is 18.4. The van der Waals surface area contributed by atoms with E-state index in [1.165, 1.54) is 17.1 Å². The smallest absolute Gasteiger partial charge is 0.315 e. The first kappa shape index (κ1) is 11.9. The lowest BCUT2D eigenvalue weighted by Crippen LogP contribution is -2.06. The maximum atomic E-state index is 11.0. The van der Waals surface area contributed by atoms with Gasteiger partial charge in [-0.05, 0) is 6.92 Å². The monoisotopic (exact) mass is 249 g/mol. The number of rotatable bonds is 4. The van der Waals surface area contributed by atoms with Crippen LogP contribution < -0.4 is 5.32 Å². The molecule has 18 heavy (non-hydrogen) atoms. The molecule has 0 unspecified atom stereocenters. The van der Waals surface area contributed by atoms with E-state index >= 15 is 0 Å². The highest BCUT2D eigenvalue weighted by Gasteiger charge is 2.21. The molecule has 0 aliphatic carbocycles. The first-order valence-corrected chi connectivity index (χ1v) is 5.23. The van der Waals surface area contributed by atoms with Crippen molar-refractivity contribution in [2.24, 2.45) is 7.05 Å². The van der Waals surface area contributed by atoms with Crippen LogP contribution in [0, 0.1) is 10.1 Å². The van der Waals surface area contributed by atoms with Gasteiger partial charge in [0.25, 0.3) is 0 Å². The Bertz CT molecular complexity index is 580. The van der Waals surface area contributed by atoms with Crippen LogP contribution in [0.15, 0.2) is 12.4 Å². The van der Waals surface area contributed by atoms with E-state index in [1.54, 1.807) is 7.05 Å². The van der Waals surface area contributed by atoms with Crippen molar-refractivity contribution in [3.63, 3.8) is 0 Å². The molecule has 0 saturated carbocycles. The summed E-state index contributed by atoms with van der Waals surface area (Å²) in [5.74, 6) is 0.333. The molecule has 0 aliphatic heterocycles. The van der Waals surface area contributed by atoms with Gasteiger partial charge in [0.2, 0.25) is 5.95 Å². The second kappa shape index (κ2) is 4.73. The van der Waals surface area contributed by atoms with Crippen LogP contribution in [0.1, 0.15) is 6.92 Å². The van der Waals surface area contributed by atoms with Crippen molar-refractivity contribution in [3.8, 4) is 11.4 Å². The van der Waals surface area contributed by atoms with Crippen LogP contribution in [-0.2, 0) is 7.05 Å². The van der Waals surface area contributed by atoms with Gasteiger partial charge in [-0.1, -0.05) is 5.21 Å². The molecule has 1 N–H and O–H groups in total. The molecule has 2 heterocycles. The zero-order valence-electron chi connectivity index (χ0n) is 9.86. The van der Waals surface area contributed by atoms with Gasteiger partial charge in [0, 0.05) is 13.6 Å². The highest BCUT2D eigenvalue weighted by atomic mass is 16.6. The first-order valence-electron chi connectivity index (χ1n) is 5.23. The van der Waals surface area contributed by atoms with Gasteiger partial charge in [0.15, 0.2) is 5.69 Å². The molecular weight excluding hydrogens is 238 g/mol. The third kappa shape index (κ3) is 2.10. The van der Waals surface area contributed by atoms with Crippen molar-refractivity contribution in [3.05, 3.63) is 22.5 Å². The zero-order valence-corrected chi connectivity index (χ0v) is 9.86. The Kier molecular flexibility index (Phi) is 3.13. The largest absolute Gasteiger partial charge is 0.354 e. The maximum Gasteiger partial charge on any atom is 0.315 e. The van der Waals surface area contributed by atoms with Crippen LogP contribution in [0.5, 0.6) is 0 Å². The fourth-order valence-corrected chi connectivity index (χ4v) is 1.44. The van der Waals surface area contributed by atoms with E-state index in [0.29, 0.717) is 18.2 Å². The fourth-order valence-electron chi connectivity index (χ4n) is 1.44. The van der Waals surface area contributed by atoms with E-state index in [-0.39, 0.29) is 11.4 Å². The zero-order chi connectivity index (χ0) is 13.1. The van der Waals surface area contributed by atoms with E-state index < -0.39 is 4.92 Å². The molecule has 2 rings (SSSR count). The standard InChI is InChI=1S/C9H11N7O2/c1-3-10-9-11-4-7(16(17)18)8(13-9)6-5-12-14-15(6)2/h4-5H,3H2,1-2H3,(H,10,11,13). The molecule has 0 radical (unpaired) electrons. The van der Waals surface area contributed by atoms with Crippen LogP contribution in [0.3, 0.4) is 0 Å². The highest BCUT2D eigenvalue weighted by molar-refractivity contribution is 5.66. The predicted molar refractivity (Wildman–Crippen MR) is 62.8 cm³/mol. The average Bonchev–Trinajstić information content (AvgIpc) is 2.75. The van der Waals surface area contributed by atoms with Crippen LogP contribution in [0.25, 0.3) is 11.4 Å². The van der Waals surface area contributed by atoms with Crippen LogP contribution in [0.2, 0.25) is 0 Å². The molecule has 9 heteroatoms. The molecule has 0 aromatic carbocycles. The van der Waals surface area contributed by atoms with E-state index in [1.807, 2.05) is 6.92 Å². The van der Waals surface area contributed by atoms with Gasteiger partial charge >= 0.3 is 5.69 Å². The van der Waals surface area contributed by atoms with Gasteiger partial charge in [-0.2, -0.15) is 0 Å². The van der Waals surface area contributed by atoms with Crippen LogP contribution >= 0.6 is 0 Å². The van der Waals surface area contributed by atoms with Crippen molar-refractivity contribution in [1.29, 1.82) is 0 Å². The van der Waals surface area contributed by atoms with E-state index in [9.17, 15) is 10.1 Å². The topological polar surface area (TPSA) is 112 Å². The Morgan fingerprint density at radius 2 is 2.28 bits per heavy atom. The summed E-state index contributed by atoms with van der Waals surface area (Å²) >= 11 is 0. The van der Waals surface area contributed by atoms with Gasteiger partial charge in [-0.15, -0.1) is 5.10 Å². The van der Waals surface area contributed by atoms with Crippen molar-refractivity contribution in [2.45, 2.75) is 6.92 Å². The molecule has 9 nitrogen and oxygen atoms in total. The number of aromatic nitrogens is 5. The van der Waals surface area contributed by atoms with Gasteiger partial charge in [0.1, 0.15) is 11.9 Å². The van der Waals surface area contributed by atoms with Crippen LogP contribution in [-0.4, -0.2) is 36.4 Å². The Hall–Kier alpha value is -2.58. The molecule has 2 aromatic heterocycles. The fraction of sp³-hybridized carbons (Fsp3) is 0.333. The van der Waals surface area contributed by atoms with E-state index in [2.05, 4.69) is 25.6 Å². The molecule has 0 spiro atoms. The van der Waals surface area contributed by atoms with Gasteiger partial charge in [-0.3, -0.25) is 10.1 Å². The van der Waals surface area contributed by atoms with Crippen LogP contribution in [0.4, 0.5) is 11.6 Å². The Morgan fingerprint density at radius 1 is 1.50 bits per heavy atom. The van der Waals surface area contributed by atoms with E-state index in [4.69, 9.17) is 0 Å². The van der Waals surface area contributed by atoms with Crippen molar-refractivity contribution in [1.82, 2.24) is 25.0 Å². The molecule has 0 atom stereocenters. The molecule has 0 saturated heterocycles. The summed E-state index contributed by atoms with van der Waals surface area (Å²) in [6, 6.07) is 0. The summed E-state index contributed by atoms with van der Waals surface area (Å²) in [7, 11) is 1.64. The average molecular weight is 249 g/mol. The maximum absolute atomic E-state index is 11.0. The summed E-state index contributed by atoms with van der Waals surface area (Å²) < 4.78 is 1.42. The minimum atomic E-state index is -0.530. The van der Waals surface area contributed by atoms with E-state index in [0.717, 1.165) is 0 Å². The van der Waals surface area contributed by atoms with Crippen molar-refractivity contribution < 1.29 is 4.92 Å². The lowest BCUT2D eigenvalue weighted by molar-refractivity contribution is -0.384. The predicted octanol–water partition coefficient (Wildman–Crippen LogP) is 0.612. The molecule has 0 bridgehead atoms. The van der Waals surface area contributed by atoms with Crippen molar-refractivity contribution >= 4 is 11.6 Å². The SMILES string of the molecule is CCNc1ncc([N+](=O)[O-])c(-c2cnnn2C)n1. The third-order valence-corrected chi connectivity index (χ3v) is 2.26.